The largest absolute Gasteiger partial charge is 0.359 e. The average molecular weight is 705 g/mol. The van der Waals surface area contributed by atoms with Crippen LogP contribution >= 0.6 is 0 Å². The normalized spacial score (nSPS) is 18.3. The first-order chi connectivity index (χ1) is 27.2. The summed E-state index contributed by atoms with van der Waals surface area (Å²) >= 11 is 0. The van der Waals surface area contributed by atoms with Crippen molar-refractivity contribution >= 4 is 22.7 Å². The standard InChI is InChI=1S/C53H40N2/c1-35-30-42(33-49-46-27-10-9-25-44(46)45-26-11-12-28-47(45)52(35)49)43-24-8-13-29-48(43)53-54-50(40-22-14-20-38(31-40)36-16-4-2-5-17-36)34-51(55-53)41-23-15-21-39(32-41)37-18-6-3-7-19-37/h2-35,50,52H,1H3,(H,54,55). The zero-order valence-electron chi connectivity index (χ0n) is 30.7. The molecule has 2 aliphatic carbocycles. The van der Waals surface area contributed by atoms with Gasteiger partial charge in [-0.15, -0.1) is 0 Å². The third kappa shape index (κ3) is 6.06. The van der Waals surface area contributed by atoms with E-state index < -0.39 is 0 Å². The molecule has 3 atom stereocenters. The van der Waals surface area contributed by atoms with Gasteiger partial charge in [-0.2, -0.15) is 0 Å². The van der Waals surface area contributed by atoms with Gasteiger partial charge >= 0.3 is 0 Å². The second-order valence-electron chi connectivity index (χ2n) is 14.8. The molecule has 1 heterocycles. The summed E-state index contributed by atoms with van der Waals surface area (Å²) in [4.78, 5) is 5.45. The molecule has 2 nitrogen and oxygen atoms in total. The summed E-state index contributed by atoms with van der Waals surface area (Å²) in [7, 11) is 0. The fourth-order valence-electron chi connectivity index (χ4n) is 8.80. The topological polar surface area (TPSA) is 24.4 Å². The van der Waals surface area contributed by atoms with Crippen molar-refractivity contribution in [2.75, 3.05) is 0 Å². The van der Waals surface area contributed by atoms with Crippen LogP contribution in [0.1, 0.15) is 52.3 Å². The van der Waals surface area contributed by atoms with Crippen molar-refractivity contribution in [3.63, 3.8) is 0 Å². The highest BCUT2D eigenvalue weighted by Crippen LogP contribution is 2.53. The predicted molar refractivity (Wildman–Crippen MR) is 230 cm³/mol. The minimum absolute atomic E-state index is 0.0942. The van der Waals surface area contributed by atoms with Gasteiger partial charge in [0.05, 0.1) is 11.7 Å². The molecule has 0 amide bonds. The van der Waals surface area contributed by atoms with E-state index in [2.05, 4.69) is 212 Å². The van der Waals surface area contributed by atoms with Crippen molar-refractivity contribution in [1.82, 2.24) is 5.32 Å². The highest BCUT2D eigenvalue weighted by atomic mass is 15.0. The maximum Gasteiger partial charge on any atom is 0.135 e. The summed E-state index contributed by atoms with van der Waals surface area (Å²) in [6, 6.07) is 65.4. The van der Waals surface area contributed by atoms with Crippen LogP contribution in [0.5, 0.6) is 0 Å². The minimum Gasteiger partial charge on any atom is -0.359 e. The molecule has 2 heteroatoms. The smallest absolute Gasteiger partial charge is 0.135 e. The lowest BCUT2D eigenvalue weighted by molar-refractivity contribution is 0.650. The first-order valence-corrected chi connectivity index (χ1v) is 19.3. The Kier molecular flexibility index (Phi) is 8.30. The van der Waals surface area contributed by atoms with E-state index in [1.807, 2.05) is 0 Å². The second kappa shape index (κ2) is 13.9. The molecule has 262 valence electrons. The van der Waals surface area contributed by atoms with Gasteiger partial charge in [-0.3, -0.25) is 0 Å². The summed E-state index contributed by atoms with van der Waals surface area (Å²) in [6.07, 6.45) is 7.20. The molecule has 7 aromatic rings. The highest BCUT2D eigenvalue weighted by Gasteiger charge is 2.34. The van der Waals surface area contributed by atoms with E-state index in [4.69, 9.17) is 4.99 Å². The van der Waals surface area contributed by atoms with Crippen molar-refractivity contribution in [2.45, 2.75) is 18.9 Å². The van der Waals surface area contributed by atoms with E-state index >= 15 is 0 Å². The van der Waals surface area contributed by atoms with Crippen molar-refractivity contribution in [2.24, 2.45) is 10.9 Å². The average Bonchev–Trinajstić information content (AvgIpc) is 3.27. The molecule has 3 unspecified atom stereocenters. The first-order valence-electron chi connectivity index (χ1n) is 19.3. The Balaban J connectivity index is 1.09. The van der Waals surface area contributed by atoms with Gasteiger partial charge in [0.1, 0.15) is 5.84 Å². The van der Waals surface area contributed by atoms with Crippen LogP contribution in [0.4, 0.5) is 0 Å². The zero-order valence-corrected chi connectivity index (χ0v) is 30.7. The molecule has 0 radical (unpaired) electrons. The Morgan fingerprint density at radius 2 is 1.02 bits per heavy atom. The fraction of sp³-hybridized carbons (Fsp3) is 0.0755. The molecule has 55 heavy (non-hydrogen) atoms. The third-order valence-corrected chi connectivity index (χ3v) is 11.4. The van der Waals surface area contributed by atoms with Crippen LogP contribution in [0.2, 0.25) is 0 Å². The third-order valence-electron chi connectivity index (χ3n) is 11.4. The lowest BCUT2D eigenvalue weighted by atomic mass is 9.67. The maximum absolute atomic E-state index is 5.45. The van der Waals surface area contributed by atoms with Crippen LogP contribution < -0.4 is 5.32 Å². The van der Waals surface area contributed by atoms with Crippen molar-refractivity contribution < 1.29 is 0 Å². The number of nitrogens with zero attached hydrogens (tertiary/aromatic N) is 1. The highest BCUT2D eigenvalue weighted by molar-refractivity contribution is 6.08. The molecule has 0 saturated carbocycles. The number of aliphatic imine (C=N–C) groups is 1. The van der Waals surface area contributed by atoms with E-state index in [0.29, 0.717) is 11.8 Å². The van der Waals surface area contributed by atoms with E-state index in [9.17, 15) is 0 Å². The molecule has 0 fully saturated rings. The lowest BCUT2D eigenvalue weighted by Gasteiger charge is -2.36. The van der Waals surface area contributed by atoms with E-state index in [-0.39, 0.29) is 6.04 Å². The number of rotatable bonds is 6. The number of benzene rings is 7. The molecule has 0 aromatic heterocycles. The van der Waals surface area contributed by atoms with Gasteiger partial charge in [-0.1, -0.05) is 189 Å². The van der Waals surface area contributed by atoms with Crippen LogP contribution in [0, 0.1) is 5.92 Å². The van der Waals surface area contributed by atoms with Gasteiger partial charge in [0.15, 0.2) is 0 Å². The first kappa shape index (κ1) is 32.8. The van der Waals surface area contributed by atoms with Crippen LogP contribution in [0.15, 0.2) is 205 Å². The quantitative estimate of drug-likeness (QED) is 0.183. The predicted octanol–water partition coefficient (Wildman–Crippen LogP) is 13.0. The number of nitrogens with one attached hydrogen (secondary N) is 1. The molecule has 3 aliphatic rings. The van der Waals surface area contributed by atoms with Crippen LogP contribution in [0.3, 0.4) is 0 Å². The summed E-state index contributed by atoms with van der Waals surface area (Å²) in [5.41, 5.74) is 18.3. The Morgan fingerprint density at radius 1 is 0.455 bits per heavy atom. The molecular formula is C53H40N2. The number of hydrogen-bond acceptors (Lipinski definition) is 2. The minimum atomic E-state index is -0.0942. The van der Waals surface area contributed by atoms with Gasteiger partial charge < -0.3 is 5.32 Å². The van der Waals surface area contributed by atoms with Crippen LogP contribution in [0.25, 0.3) is 50.2 Å². The summed E-state index contributed by atoms with van der Waals surface area (Å²) in [5.74, 6) is 1.49. The van der Waals surface area contributed by atoms with E-state index in [0.717, 1.165) is 22.7 Å². The summed E-state index contributed by atoms with van der Waals surface area (Å²) < 4.78 is 0. The molecule has 7 aromatic carbocycles. The molecule has 10 rings (SSSR count). The van der Waals surface area contributed by atoms with E-state index in [1.54, 1.807) is 0 Å². The van der Waals surface area contributed by atoms with Crippen LogP contribution in [-0.2, 0) is 0 Å². The summed E-state index contributed by atoms with van der Waals surface area (Å²) in [5, 5.41) is 3.91. The number of hydrogen-bond donors (Lipinski definition) is 1. The molecule has 1 aliphatic heterocycles. The van der Waals surface area contributed by atoms with Gasteiger partial charge in [0.2, 0.25) is 0 Å². The summed E-state index contributed by atoms with van der Waals surface area (Å²) in [6.45, 7) is 2.37. The van der Waals surface area contributed by atoms with E-state index in [1.165, 1.54) is 66.8 Å². The van der Waals surface area contributed by atoms with Crippen molar-refractivity contribution in [3.05, 3.63) is 234 Å². The maximum atomic E-state index is 5.45. The second-order valence-corrected chi connectivity index (χ2v) is 14.8. The molecular weight excluding hydrogens is 665 g/mol. The molecule has 1 N–H and O–H groups in total. The number of amidine groups is 1. The molecule has 0 spiro atoms. The number of allylic oxidation sites excluding steroid dienone is 4. The monoisotopic (exact) mass is 704 g/mol. The number of fused-ring (bicyclic) bond motifs is 6. The van der Waals surface area contributed by atoms with Crippen LogP contribution in [-0.4, -0.2) is 5.84 Å². The van der Waals surface area contributed by atoms with Gasteiger partial charge in [0.25, 0.3) is 0 Å². The van der Waals surface area contributed by atoms with Crippen molar-refractivity contribution in [3.8, 4) is 33.4 Å². The zero-order chi connectivity index (χ0) is 36.7. The van der Waals surface area contributed by atoms with Gasteiger partial charge in [-0.25, -0.2) is 4.99 Å². The Labute approximate surface area is 323 Å². The Hall–Kier alpha value is -6.77. The molecule has 0 bridgehead atoms. The van der Waals surface area contributed by atoms with Gasteiger partial charge in [-0.05, 0) is 90.9 Å². The molecule has 0 saturated heterocycles. The SMILES string of the molecule is CC1C=C(c2ccccc2C2=NC(c3cccc(-c4ccccc4)c3)=CC(c3cccc(-c4ccccc4)c3)N2)C=C2c3ccccc3-c3ccccc3C21. The lowest BCUT2D eigenvalue weighted by Crippen LogP contribution is -2.32. The Morgan fingerprint density at radius 3 is 1.76 bits per heavy atom. The fourth-order valence-corrected chi connectivity index (χ4v) is 8.80. The Bertz CT molecular complexity index is 2700. The van der Waals surface area contributed by atoms with Crippen molar-refractivity contribution in [1.29, 1.82) is 0 Å². The van der Waals surface area contributed by atoms with Gasteiger partial charge in [0, 0.05) is 17.0 Å².